The van der Waals surface area contributed by atoms with Crippen molar-refractivity contribution in [1.29, 1.82) is 0 Å². The van der Waals surface area contributed by atoms with Crippen molar-refractivity contribution >= 4 is 5.91 Å². The molecule has 1 fully saturated rings. The fraction of sp³-hybridized carbons (Fsp3) is 0.438. The van der Waals surface area contributed by atoms with Crippen LogP contribution in [0.15, 0.2) is 18.2 Å². The second kappa shape index (κ2) is 6.70. The number of β-amino-alcohol motifs (C(OH)–C–C–N with tert-alkyl or cyclic N) is 1. The Bertz CT molecular complexity index is 591. The molecule has 5 heteroatoms. The first-order valence-corrected chi connectivity index (χ1v) is 6.89. The fourth-order valence-electron chi connectivity index (χ4n) is 2.31. The third-order valence-corrected chi connectivity index (χ3v) is 3.71. The normalized spacial score (nSPS) is 21.6. The van der Waals surface area contributed by atoms with Gasteiger partial charge in [-0.25, -0.2) is 4.39 Å². The number of halogens is 1. The number of carbonyl (C=O) groups is 1. The molecule has 112 valence electrons. The topological polar surface area (TPSA) is 60.8 Å². The summed E-state index contributed by atoms with van der Waals surface area (Å²) in [7, 11) is 0. The van der Waals surface area contributed by atoms with E-state index < -0.39 is 17.8 Å². The van der Waals surface area contributed by atoms with Crippen molar-refractivity contribution in [3.05, 3.63) is 35.1 Å². The lowest BCUT2D eigenvalue weighted by molar-refractivity contribution is 0.0246. The second-order valence-corrected chi connectivity index (χ2v) is 5.24. The molecule has 2 N–H and O–H groups in total. The largest absolute Gasteiger partial charge is 0.391 e. The Kier molecular flexibility index (Phi) is 4.94. The van der Waals surface area contributed by atoms with E-state index in [2.05, 4.69) is 11.8 Å². The molecule has 1 aromatic rings. The van der Waals surface area contributed by atoms with Crippen LogP contribution in [0.4, 0.5) is 4.39 Å². The number of carbonyl (C=O) groups excluding carboxylic acids is 1. The van der Waals surface area contributed by atoms with Crippen LogP contribution >= 0.6 is 0 Å². The molecule has 2 rings (SSSR count). The van der Waals surface area contributed by atoms with Gasteiger partial charge in [0.25, 0.3) is 5.91 Å². The van der Waals surface area contributed by atoms with Gasteiger partial charge in [-0.2, -0.15) is 0 Å². The molecule has 1 saturated heterocycles. The first-order valence-electron chi connectivity index (χ1n) is 6.89. The molecule has 4 nitrogen and oxygen atoms in total. The molecule has 0 spiro atoms. The van der Waals surface area contributed by atoms with Crippen LogP contribution < -0.4 is 0 Å². The molecule has 2 atom stereocenters. The molecule has 21 heavy (non-hydrogen) atoms. The minimum Gasteiger partial charge on any atom is -0.391 e. The summed E-state index contributed by atoms with van der Waals surface area (Å²) in [5.41, 5.74) is 0.418. The molecule has 0 aromatic heterocycles. The standard InChI is InChI=1S/C16H18FNO3/c1-11-6-7-18(10-15(11)20)16(21)13-9-12(3-2-8-19)4-5-14(13)17/h4-5,9,11,15,19-20H,6-8,10H2,1H3. The van der Waals surface area contributed by atoms with Crippen molar-refractivity contribution < 1.29 is 19.4 Å². The summed E-state index contributed by atoms with van der Waals surface area (Å²) < 4.78 is 13.9. The van der Waals surface area contributed by atoms with E-state index in [9.17, 15) is 14.3 Å². The van der Waals surface area contributed by atoms with Crippen molar-refractivity contribution in [3.8, 4) is 11.8 Å². The number of piperidine rings is 1. The van der Waals surface area contributed by atoms with Crippen LogP contribution in [0.25, 0.3) is 0 Å². The molecule has 1 aliphatic heterocycles. The van der Waals surface area contributed by atoms with Gasteiger partial charge in [0.15, 0.2) is 0 Å². The molecule has 0 radical (unpaired) electrons. The van der Waals surface area contributed by atoms with Gasteiger partial charge in [0.05, 0.1) is 11.7 Å². The van der Waals surface area contributed by atoms with Gasteiger partial charge >= 0.3 is 0 Å². The molecule has 1 heterocycles. The number of aliphatic hydroxyl groups excluding tert-OH is 2. The molecular weight excluding hydrogens is 273 g/mol. The summed E-state index contributed by atoms with van der Waals surface area (Å²) in [5.74, 6) is 4.20. The minimum atomic E-state index is -0.609. The van der Waals surface area contributed by atoms with Crippen LogP contribution in [0.5, 0.6) is 0 Å². The van der Waals surface area contributed by atoms with E-state index in [1.807, 2.05) is 6.92 Å². The maximum absolute atomic E-state index is 13.9. The average molecular weight is 291 g/mol. The van der Waals surface area contributed by atoms with Gasteiger partial charge in [-0.05, 0) is 30.5 Å². The SMILES string of the molecule is CC1CCN(C(=O)c2cc(C#CCO)ccc2F)CC1O. The van der Waals surface area contributed by atoms with Gasteiger partial charge in [0.2, 0.25) is 0 Å². The second-order valence-electron chi connectivity index (χ2n) is 5.24. The molecule has 1 aliphatic rings. The van der Waals surface area contributed by atoms with Crippen molar-refractivity contribution in [3.63, 3.8) is 0 Å². The highest BCUT2D eigenvalue weighted by atomic mass is 19.1. The zero-order valence-electron chi connectivity index (χ0n) is 11.8. The Morgan fingerprint density at radius 1 is 1.52 bits per heavy atom. The summed E-state index contributed by atoms with van der Waals surface area (Å²) in [6.45, 7) is 2.35. The quantitative estimate of drug-likeness (QED) is 0.759. The number of benzene rings is 1. The van der Waals surface area contributed by atoms with Crippen LogP contribution in [0.1, 0.15) is 29.3 Å². The van der Waals surface area contributed by atoms with Gasteiger partial charge in [-0.15, -0.1) is 0 Å². The Labute approximate surface area is 123 Å². The van der Waals surface area contributed by atoms with Crippen LogP contribution in [-0.2, 0) is 0 Å². The zero-order chi connectivity index (χ0) is 15.4. The molecular formula is C16H18FNO3. The van der Waals surface area contributed by atoms with Crippen molar-refractivity contribution in [1.82, 2.24) is 4.90 Å². The zero-order valence-corrected chi connectivity index (χ0v) is 11.8. The van der Waals surface area contributed by atoms with Crippen molar-refractivity contribution in [2.75, 3.05) is 19.7 Å². The lowest BCUT2D eigenvalue weighted by Gasteiger charge is -2.34. The van der Waals surface area contributed by atoms with E-state index in [0.717, 1.165) is 0 Å². The van der Waals surface area contributed by atoms with Gasteiger partial charge < -0.3 is 15.1 Å². The molecule has 1 aromatic carbocycles. The highest BCUT2D eigenvalue weighted by molar-refractivity contribution is 5.95. The Morgan fingerprint density at radius 3 is 2.95 bits per heavy atom. The van der Waals surface area contributed by atoms with Crippen LogP contribution in [0, 0.1) is 23.6 Å². The predicted molar refractivity (Wildman–Crippen MR) is 76.1 cm³/mol. The first kappa shape index (κ1) is 15.5. The van der Waals surface area contributed by atoms with E-state index in [0.29, 0.717) is 18.5 Å². The van der Waals surface area contributed by atoms with E-state index in [4.69, 9.17) is 5.11 Å². The maximum Gasteiger partial charge on any atom is 0.256 e. The number of hydrogen-bond acceptors (Lipinski definition) is 3. The maximum atomic E-state index is 13.9. The summed E-state index contributed by atoms with van der Waals surface area (Å²) in [6, 6.07) is 4.03. The van der Waals surface area contributed by atoms with Gasteiger partial charge in [-0.1, -0.05) is 18.8 Å². The highest BCUT2D eigenvalue weighted by Gasteiger charge is 2.29. The molecule has 0 aliphatic carbocycles. The van der Waals surface area contributed by atoms with Gasteiger partial charge in [0, 0.05) is 18.7 Å². The number of amides is 1. The number of aliphatic hydroxyl groups is 2. The Balaban J connectivity index is 2.22. The average Bonchev–Trinajstić information content (AvgIpc) is 2.48. The number of nitrogens with zero attached hydrogens (tertiary/aromatic N) is 1. The summed E-state index contributed by atoms with van der Waals surface area (Å²) in [6.07, 6.45) is 0.113. The van der Waals surface area contributed by atoms with E-state index in [1.165, 1.54) is 23.1 Å². The third kappa shape index (κ3) is 3.60. The fourth-order valence-corrected chi connectivity index (χ4v) is 2.31. The van der Waals surface area contributed by atoms with Crippen molar-refractivity contribution in [2.45, 2.75) is 19.4 Å². The number of likely N-dealkylation sites (tertiary alicyclic amines) is 1. The number of rotatable bonds is 1. The summed E-state index contributed by atoms with van der Waals surface area (Å²) in [5, 5.41) is 18.5. The monoisotopic (exact) mass is 291 g/mol. The van der Waals surface area contributed by atoms with E-state index in [-0.39, 0.29) is 24.6 Å². The Hall–Kier alpha value is -1.90. The van der Waals surface area contributed by atoms with E-state index >= 15 is 0 Å². The molecule has 0 saturated carbocycles. The minimum absolute atomic E-state index is 0.0542. The van der Waals surface area contributed by atoms with Crippen LogP contribution in [-0.4, -0.2) is 46.8 Å². The summed E-state index contributed by atoms with van der Waals surface area (Å²) >= 11 is 0. The lowest BCUT2D eigenvalue weighted by Crippen LogP contribution is -2.46. The smallest absolute Gasteiger partial charge is 0.256 e. The van der Waals surface area contributed by atoms with Crippen molar-refractivity contribution in [2.24, 2.45) is 5.92 Å². The number of hydrogen-bond donors (Lipinski definition) is 2. The van der Waals surface area contributed by atoms with Crippen LogP contribution in [0.2, 0.25) is 0 Å². The predicted octanol–water partition coefficient (Wildman–Crippen LogP) is 1.01. The summed E-state index contributed by atoms with van der Waals surface area (Å²) in [4.78, 5) is 13.8. The van der Waals surface area contributed by atoms with Gasteiger partial charge in [0.1, 0.15) is 12.4 Å². The highest BCUT2D eigenvalue weighted by Crippen LogP contribution is 2.20. The molecule has 0 bridgehead atoms. The molecule has 1 amide bonds. The third-order valence-electron chi connectivity index (χ3n) is 3.71. The van der Waals surface area contributed by atoms with E-state index in [1.54, 1.807) is 0 Å². The molecule has 2 unspecified atom stereocenters. The first-order chi connectivity index (χ1) is 10.0. The Morgan fingerprint density at radius 2 is 2.29 bits per heavy atom. The lowest BCUT2D eigenvalue weighted by atomic mass is 9.95. The van der Waals surface area contributed by atoms with Gasteiger partial charge in [-0.3, -0.25) is 4.79 Å². The van der Waals surface area contributed by atoms with Crippen LogP contribution in [0.3, 0.4) is 0 Å².